The van der Waals surface area contributed by atoms with Gasteiger partial charge in [0.2, 0.25) is 22.1 Å². The number of benzene rings is 1. The van der Waals surface area contributed by atoms with Gasteiger partial charge >= 0.3 is 0 Å². The van der Waals surface area contributed by atoms with E-state index in [1.165, 1.54) is 6.07 Å². The molecule has 0 spiro atoms. The third kappa shape index (κ3) is 2.47. The standard InChI is InChI=1S/C9H5Br2FN2O3S/c10-9(11)18(15,16)7-2-1-5(3-6(7)12)8-13-4-17-14-8/h1-4,9H. The first kappa shape index (κ1) is 13.6. The van der Waals surface area contributed by atoms with Crippen LogP contribution in [-0.4, -0.2) is 21.6 Å². The van der Waals surface area contributed by atoms with Gasteiger partial charge in [-0.2, -0.15) is 4.98 Å². The SMILES string of the molecule is O=S(=O)(c1ccc(-c2ncon2)cc1F)C(Br)Br. The van der Waals surface area contributed by atoms with Crippen LogP contribution >= 0.6 is 31.9 Å². The highest BCUT2D eigenvalue weighted by atomic mass is 79.9. The van der Waals surface area contributed by atoms with E-state index in [0.29, 0.717) is 5.56 Å². The van der Waals surface area contributed by atoms with Crippen LogP contribution in [0, 0.1) is 5.82 Å². The first-order valence-electron chi connectivity index (χ1n) is 4.51. The van der Waals surface area contributed by atoms with Crippen molar-refractivity contribution in [2.24, 2.45) is 0 Å². The van der Waals surface area contributed by atoms with E-state index in [9.17, 15) is 12.8 Å². The largest absolute Gasteiger partial charge is 0.342 e. The number of halogens is 3. The molecule has 1 aromatic heterocycles. The predicted octanol–water partition coefficient (Wildman–Crippen LogP) is 2.72. The number of aromatic nitrogens is 2. The molecule has 0 unspecified atom stereocenters. The summed E-state index contributed by atoms with van der Waals surface area (Å²) in [5.74, 6) is -0.687. The monoisotopic (exact) mass is 398 g/mol. The van der Waals surface area contributed by atoms with Gasteiger partial charge in [-0.3, -0.25) is 0 Å². The molecule has 96 valence electrons. The Kier molecular flexibility index (Phi) is 3.83. The second-order valence-corrected chi connectivity index (χ2v) is 9.48. The maximum absolute atomic E-state index is 13.8. The van der Waals surface area contributed by atoms with E-state index in [4.69, 9.17) is 0 Å². The van der Waals surface area contributed by atoms with Gasteiger partial charge in [0, 0.05) is 5.56 Å². The Morgan fingerprint density at radius 1 is 1.33 bits per heavy atom. The van der Waals surface area contributed by atoms with Crippen LogP contribution in [0.3, 0.4) is 0 Å². The summed E-state index contributed by atoms with van der Waals surface area (Å²) in [5, 5.41) is 3.53. The molecule has 1 heterocycles. The molecule has 0 bridgehead atoms. The van der Waals surface area contributed by atoms with Crippen LogP contribution in [0.1, 0.15) is 0 Å². The van der Waals surface area contributed by atoms with Crippen molar-refractivity contribution in [3.05, 3.63) is 30.4 Å². The molecule has 9 heteroatoms. The molecule has 0 atom stereocenters. The van der Waals surface area contributed by atoms with Crippen molar-refractivity contribution in [3.8, 4) is 11.4 Å². The zero-order valence-electron chi connectivity index (χ0n) is 8.55. The average molecular weight is 400 g/mol. The van der Waals surface area contributed by atoms with Crippen LogP contribution in [-0.2, 0) is 9.84 Å². The van der Waals surface area contributed by atoms with Crippen LogP contribution in [0.2, 0.25) is 0 Å². The summed E-state index contributed by atoms with van der Waals surface area (Å²) in [7, 11) is -3.80. The summed E-state index contributed by atoms with van der Waals surface area (Å²) in [6.07, 6.45) is 1.10. The second-order valence-electron chi connectivity index (χ2n) is 3.21. The van der Waals surface area contributed by atoms with Crippen LogP contribution in [0.25, 0.3) is 11.4 Å². The first-order valence-corrected chi connectivity index (χ1v) is 7.89. The third-order valence-electron chi connectivity index (χ3n) is 2.09. The lowest BCUT2D eigenvalue weighted by Gasteiger charge is -2.07. The zero-order valence-corrected chi connectivity index (χ0v) is 12.5. The molecule has 0 radical (unpaired) electrons. The molecule has 0 amide bonds. The molecule has 0 saturated heterocycles. The molecule has 0 saturated carbocycles. The molecule has 18 heavy (non-hydrogen) atoms. The Morgan fingerprint density at radius 2 is 2.06 bits per heavy atom. The lowest BCUT2D eigenvalue weighted by Crippen LogP contribution is -2.10. The van der Waals surface area contributed by atoms with E-state index in [1.54, 1.807) is 0 Å². The van der Waals surface area contributed by atoms with E-state index in [0.717, 1.165) is 18.5 Å². The van der Waals surface area contributed by atoms with Crippen molar-refractivity contribution in [2.45, 2.75) is 7.96 Å². The fraction of sp³-hybridized carbons (Fsp3) is 0.111. The molecule has 2 rings (SSSR count). The van der Waals surface area contributed by atoms with Gasteiger partial charge in [0.05, 0.1) is 0 Å². The predicted molar refractivity (Wildman–Crippen MR) is 68.5 cm³/mol. The van der Waals surface area contributed by atoms with Crippen LogP contribution in [0.15, 0.2) is 34.0 Å². The molecule has 0 fully saturated rings. The molecule has 2 aromatic rings. The lowest BCUT2D eigenvalue weighted by atomic mass is 10.2. The summed E-state index contributed by atoms with van der Waals surface area (Å²) in [4.78, 5) is 3.33. The van der Waals surface area contributed by atoms with E-state index in [1.807, 2.05) is 0 Å². The van der Waals surface area contributed by atoms with Gasteiger partial charge in [-0.25, -0.2) is 12.8 Å². The van der Waals surface area contributed by atoms with E-state index < -0.39 is 23.6 Å². The molecular formula is C9H5Br2FN2O3S. The van der Waals surface area contributed by atoms with Crippen molar-refractivity contribution < 1.29 is 17.3 Å². The molecule has 0 aliphatic carbocycles. The van der Waals surface area contributed by atoms with Crippen molar-refractivity contribution in [1.29, 1.82) is 0 Å². The summed E-state index contributed by atoms with van der Waals surface area (Å²) >= 11 is 5.69. The van der Waals surface area contributed by atoms with Crippen molar-refractivity contribution >= 4 is 41.7 Å². The number of nitrogens with zero attached hydrogens (tertiary/aromatic N) is 2. The Balaban J connectivity index is 2.50. The highest BCUT2D eigenvalue weighted by Crippen LogP contribution is 2.28. The van der Waals surface area contributed by atoms with Crippen molar-refractivity contribution in [2.75, 3.05) is 0 Å². The molecular weight excluding hydrogens is 395 g/mol. The van der Waals surface area contributed by atoms with Gasteiger partial charge in [-0.1, -0.05) is 37.0 Å². The lowest BCUT2D eigenvalue weighted by molar-refractivity contribution is 0.418. The van der Waals surface area contributed by atoms with Gasteiger partial charge in [0.1, 0.15) is 10.7 Å². The maximum atomic E-state index is 13.8. The van der Waals surface area contributed by atoms with Crippen molar-refractivity contribution in [3.63, 3.8) is 0 Å². The molecule has 0 aliphatic heterocycles. The Hall–Kier alpha value is -0.800. The zero-order chi connectivity index (χ0) is 13.3. The number of rotatable bonds is 3. The van der Waals surface area contributed by atoms with E-state index >= 15 is 0 Å². The summed E-state index contributed by atoms with van der Waals surface area (Å²) in [5.41, 5.74) is 0.334. The van der Waals surface area contributed by atoms with Crippen LogP contribution < -0.4 is 0 Å². The number of alkyl halides is 2. The Labute approximate surface area is 119 Å². The number of hydrogen-bond donors (Lipinski definition) is 0. The van der Waals surface area contributed by atoms with Gasteiger partial charge < -0.3 is 4.52 Å². The average Bonchev–Trinajstić information content (AvgIpc) is 2.81. The van der Waals surface area contributed by atoms with Crippen molar-refractivity contribution in [1.82, 2.24) is 10.1 Å². The topological polar surface area (TPSA) is 73.1 Å². The molecule has 1 aromatic carbocycles. The summed E-state index contributed by atoms with van der Waals surface area (Å²) in [6, 6.07) is 3.61. The van der Waals surface area contributed by atoms with E-state index in [2.05, 4.69) is 46.5 Å². The highest BCUT2D eigenvalue weighted by molar-refractivity contribution is 9.27. The maximum Gasteiger partial charge on any atom is 0.214 e. The van der Waals surface area contributed by atoms with Crippen LogP contribution in [0.5, 0.6) is 0 Å². The van der Waals surface area contributed by atoms with Gasteiger partial charge in [0.15, 0.2) is 3.07 Å². The molecule has 0 N–H and O–H groups in total. The minimum absolute atomic E-state index is 0.187. The molecule has 0 aliphatic rings. The quantitative estimate of drug-likeness (QED) is 0.742. The fourth-order valence-corrected chi connectivity index (χ4v) is 3.25. The van der Waals surface area contributed by atoms with E-state index in [-0.39, 0.29) is 5.82 Å². The number of hydrogen-bond acceptors (Lipinski definition) is 5. The minimum atomic E-state index is -3.80. The van der Waals surface area contributed by atoms with Gasteiger partial charge in [-0.05, 0) is 18.2 Å². The normalized spacial score (nSPS) is 12.0. The second kappa shape index (κ2) is 5.06. The summed E-state index contributed by atoms with van der Waals surface area (Å²) in [6.45, 7) is 0. The molecule has 5 nitrogen and oxygen atoms in total. The first-order chi connectivity index (χ1) is 8.43. The fourth-order valence-electron chi connectivity index (χ4n) is 1.26. The Bertz CT molecular complexity index is 658. The van der Waals surface area contributed by atoms with Gasteiger partial charge in [-0.15, -0.1) is 0 Å². The van der Waals surface area contributed by atoms with Gasteiger partial charge in [0.25, 0.3) is 0 Å². The highest BCUT2D eigenvalue weighted by Gasteiger charge is 2.26. The number of sulfone groups is 1. The smallest absolute Gasteiger partial charge is 0.214 e. The Morgan fingerprint density at radius 3 is 2.56 bits per heavy atom. The minimum Gasteiger partial charge on any atom is -0.342 e. The summed E-state index contributed by atoms with van der Waals surface area (Å²) < 4.78 is 40.8. The van der Waals surface area contributed by atoms with Crippen LogP contribution in [0.4, 0.5) is 4.39 Å². The third-order valence-corrected chi connectivity index (χ3v) is 6.46.